The smallest absolute Gasteiger partial charge is 0.125 e. The number of anilines is 1. The van der Waals surface area contributed by atoms with E-state index in [-0.39, 0.29) is 0 Å². The molecular formula is C12H13N5. The zero-order valence-corrected chi connectivity index (χ0v) is 9.35. The third-order valence-electron chi connectivity index (χ3n) is 2.34. The highest BCUT2D eigenvalue weighted by Crippen LogP contribution is 2.04. The van der Waals surface area contributed by atoms with Crippen LogP contribution in [0.3, 0.4) is 0 Å². The van der Waals surface area contributed by atoms with Gasteiger partial charge < -0.3 is 10.3 Å². The number of aryl methyl sites for hydroxylation is 1. The molecule has 0 spiro atoms. The zero-order valence-electron chi connectivity index (χ0n) is 9.35. The van der Waals surface area contributed by atoms with E-state index in [0.29, 0.717) is 5.56 Å². The van der Waals surface area contributed by atoms with E-state index >= 15 is 0 Å². The topological polar surface area (TPSA) is 77.4 Å². The number of aromatic nitrogens is 3. The molecule has 2 N–H and O–H groups in total. The predicted molar refractivity (Wildman–Crippen MR) is 64.4 cm³/mol. The summed E-state index contributed by atoms with van der Waals surface area (Å²) in [6.45, 7) is 0.833. The fraction of sp³-hybridized carbons (Fsp3) is 0.250. The van der Waals surface area contributed by atoms with E-state index in [1.807, 2.05) is 18.3 Å². The second kappa shape index (κ2) is 5.66. The Morgan fingerprint density at radius 1 is 1.35 bits per heavy atom. The maximum atomic E-state index is 8.63. The van der Waals surface area contributed by atoms with Crippen LogP contribution in [-0.2, 0) is 6.42 Å². The molecule has 0 fully saturated rings. The fourth-order valence-corrected chi connectivity index (χ4v) is 1.47. The van der Waals surface area contributed by atoms with Gasteiger partial charge in [-0.1, -0.05) is 0 Å². The van der Waals surface area contributed by atoms with Crippen LogP contribution in [0.15, 0.2) is 30.7 Å². The summed E-state index contributed by atoms with van der Waals surface area (Å²) in [7, 11) is 0. The zero-order chi connectivity index (χ0) is 11.9. The van der Waals surface area contributed by atoms with Gasteiger partial charge in [0, 0.05) is 31.6 Å². The van der Waals surface area contributed by atoms with Crippen LogP contribution in [0.4, 0.5) is 5.82 Å². The van der Waals surface area contributed by atoms with E-state index in [1.54, 1.807) is 18.5 Å². The minimum atomic E-state index is 0.575. The van der Waals surface area contributed by atoms with Crippen molar-refractivity contribution in [3.8, 4) is 6.07 Å². The first-order valence-corrected chi connectivity index (χ1v) is 5.47. The Hall–Kier alpha value is -2.35. The van der Waals surface area contributed by atoms with Crippen molar-refractivity contribution < 1.29 is 0 Å². The summed E-state index contributed by atoms with van der Waals surface area (Å²) in [6, 6.07) is 5.60. The molecular weight excluding hydrogens is 214 g/mol. The van der Waals surface area contributed by atoms with Crippen molar-refractivity contribution in [2.75, 3.05) is 11.9 Å². The van der Waals surface area contributed by atoms with Crippen molar-refractivity contribution in [1.82, 2.24) is 15.0 Å². The van der Waals surface area contributed by atoms with Gasteiger partial charge in [-0.25, -0.2) is 9.97 Å². The lowest BCUT2D eigenvalue weighted by Gasteiger charge is -2.04. The average Bonchev–Trinajstić information content (AvgIpc) is 2.88. The Morgan fingerprint density at radius 2 is 2.29 bits per heavy atom. The molecule has 86 valence electrons. The van der Waals surface area contributed by atoms with Crippen LogP contribution in [0, 0.1) is 11.3 Å². The molecule has 2 rings (SSSR count). The highest BCUT2D eigenvalue weighted by Gasteiger charge is 1.96. The summed E-state index contributed by atoms with van der Waals surface area (Å²) in [5.41, 5.74) is 0.575. The maximum absolute atomic E-state index is 8.63. The molecule has 5 heteroatoms. The van der Waals surface area contributed by atoms with Crippen molar-refractivity contribution in [3.63, 3.8) is 0 Å². The van der Waals surface area contributed by atoms with Crippen molar-refractivity contribution in [2.45, 2.75) is 12.8 Å². The van der Waals surface area contributed by atoms with Crippen LogP contribution in [0.25, 0.3) is 0 Å². The minimum Gasteiger partial charge on any atom is -0.370 e. The predicted octanol–water partition coefficient (Wildman–Crippen LogP) is 1.72. The van der Waals surface area contributed by atoms with Gasteiger partial charge in [-0.15, -0.1) is 0 Å². The molecule has 5 nitrogen and oxygen atoms in total. The van der Waals surface area contributed by atoms with Crippen LogP contribution in [-0.4, -0.2) is 21.5 Å². The van der Waals surface area contributed by atoms with Gasteiger partial charge in [0.05, 0.1) is 5.56 Å². The molecule has 0 saturated heterocycles. The van der Waals surface area contributed by atoms with Gasteiger partial charge >= 0.3 is 0 Å². The summed E-state index contributed by atoms with van der Waals surface area (Å²) in [6.07, 6.45) is 7.04. The van der Waals surface area contributed by atoms with Gasteiger partial charge in [-0.3, -0.25) is 0 Å². The molecule has 0 radical (unpaired) electrons. The monoisotopic (exact) mass is 227 g/mol. The molecule has 0 atom stereocenters. The third-order valence-corrected chi connectivity index (χ3v) is 2.34. The number of imidazole rings is 1. The molecule has 2 heterocycles. The van der Waals surface area contributed by atoms with Crippen molar-refractivity contribution >= 4 is 5.82 Å². The highest BCUT2D eigenvalue weighted by molar-refractivity contribution is 5.38. The number of pyridine rings is 1. The molecule has 0 amide bonds. The highest BCUT2D eigenvalue weighted by atomic mass is 15.0. The summed E-state index contributed by atoms with van der Waals surface area (Å²) in [4.78, 5) is 11.3. The lowest BCUT2D eigenvalue weighted by atomic mass is 10.3. The molecule has 0 saturated carbocycles. The summed E-state index contributed by atoms with van der Waals surface area (Å²) in [5.74, 6) is 1.79. The number of aromatic amines is 1. The molecule has 0 aliphatic rings. The lowest BCUT2D eigenvalue weighted by Crippen LogP contribution is -2.05. The van der Waals surface area contributed by atoms with Crippen LogP contribution < -0.4 is 5.32 Å². The first kappa shape index (κ1) is 11.1. The molecule has 2 aromatic heterocycles. The number of H-pyrrole nitrogens is 1. The van der Waals surface area contributed by atoms with Gasteiger partial charge in [-0.2, -0.15) is 5.26 Å². The molecule has 0 bridgehead atoms. The largest absolute Gasteiger partial charge is 0.370 e. The summed E-state index contributed by atoms with van der Waals surface area (Å²) >= 11 is 0. The van der Waals surface area contributed by atoms with Crippen LogP contribution in [0.2, 0.25) is 0 Å². The number of hydrogen-bond acceptors (Lipinski definition) is 4. The van der Waals surface area contributed by atoms with E-state index in [2.05, 4.69) is 20.3 Å². The fourth-order valence-electron chi connectivity index (χ4n) is 1.47. The Labute approximate surface area is 99.5 Å². The first-order chi connectivity index (χ1) is 8.38. The van der Waals surface area contributed by atoms with E-state index in [1.165, 1.54) is 0 Å². The Balaban J connectivity index is 1.73. The normalized spacial score (nSPS) is 9.82. The van der Waals surface area contributed by atoms with E-state index in [0.717, 1.165) is 31.0 Å². The molecule has 0 aliphatic heterocycles. The lowest BCUT2D eigenvalue weighted by molar-refractivity contribution is 0.814. The average molecular weight is 227 g/mol. The first-order valence-electron chi connectivity index (χ1n) is 5.47. The Kier molecular flexibility index (Phi) is 3.71. The number of nitriles is 1. The second-order valence-electron chi connectivity index (χ2n) is 3.61. The van der Waals surface area contributed by atoms with Gasteiger partial charge in [0.15, 0.2) is 0 Å². The van der Waals surface area contributed by atoms with Crippen LogP contribution >= 0.6 is 0 Å². The van der Waals surface area contributed by atoms with Crippen molar-refractivity contribution in [2.24, 2.45) is 0 Å². The van der Waals surface area contributed by atoms with Crippen LogP contribution in [0.1, 0.15) is 17.8 Å². The SMILES string of the molecule is N#Cc1ccc(NCCCc2ncc[nH]2)nc1. The minimum absolute atomic E-state index is 0.575. The molecule has 0 aromatic carbocycles. The Morgan fingerprint density at radius 3 is 2.94 bits per heavy atom. The van der Waals surface area contributed by atoms with Crippen molar-refractivity contribution in [1.29, 1.82) is 5.26 Å². The van der Waals surface area contributed by atoms with E-state index < -0.39 is 0 Å². The number of nitrogens with zero attached hydrogens (tertiary/aromatic N) is 3. The number of rotatable bonds is 5. The van der Waals surface area contributed by atoms with E-state index in [4.69, 9.17) is 5.26 Å². The Bertz CT molecular complexity index is 481. The molecule has 2 aromatic rings. The third kappa shape index (κ3) is 3.31. The standard InChI is InChI=1S/C12H13N5/c13-8-10-3-4-12(17-9-10)14-5-1-2-11-15-6-7-16-11/h3-4,6-7,9H,1-2,5H2,(H,14,17)(H,15,16). The molecule has 0 aliphatic carbocycles. The van der Waals surface area contributed by atoms with Crippen molar-refractivity contribution in [3.05, 3.63) is 42.1 Å². The number of nitrogens with one attached hydrogen (secondary N) is 2. The molecule has 0 unspecified atom stereocenters. The number of hydrogen-bond donors (Lipinski definition) is 2. The summed E-state index contributed by atoms with van der Waals surface area (Å²) < 4.78 is 0. The molecule has 17 heavy (non-hydrogen) atoms. The van der Waals surface area contributed by atoms with Gasteiger partial charge in [0.1, 0.15) is 17.7 Å². The maximum Gasteiger partial charge on any atom is 0.125 e. The van der Waals surface area contributed by atoms with Gasteiger partial charge in [0.25, 0.3) is 0 Å². The second-order valence-corrected chi connectivity index (χ2v) is 3.61. The summed E-state index contributed by atoms with van der Waals surface area (Å²) in [5, 5.41) is 11.8. The van der Waals surface area contributed by atoms with Gasteiger partial charge in [-0.05, 0) is 18.6 Å². The van der Waals surface area contributed by atoms with E-state index in [9.17, 15) is 0 Å². The quantitative estimate of drug-likeness (QED) is 0.762. The van der Waals surface area contributed by atoms with Crippen LogP contribution in [0.5, 0.6) is 0 Å². The van der Waals surface area contributed by atoms with Gasteiger partial charge in [0.2, 0.25) is 0 Å².